The number of carbonyl (C=O) groups is 3. The summed E-state index contributed by atoms with van der Waals surface area (Å²) in [5.74, 6) is -1.36. The number of likely N-dealkylation sites (tertiary alicyclic amines) is 1. The van der Waals surface area contributed by atoms with Crippen molar-refractivity contribution in [3.05, 3.63) is 78.6 Å². The van der Waals surface area contributed by atoms with E-state index in [1.165, 1.54) is 4.90 Å². The lowest BCUT2D eigenvalue weighted by molar-refractivity contribution is -0.141. The van der Waals surface area contributed by atoms with E-state index in [9.17, 15) is 19.5 Å². The third-order valence-corrected chi connectivity index (χ3v) is 5.29. The third kappa shape index (κ3) is 4.75. The lowest BCUT2D eigenvalue weighted by Crippen LogP contribution is -2.40. The number of hydrogen-bond acceptors (Lipinski definition) is 4. The second kappa shape index (κ2) is 9.30. The van der Waals surface area contributed by atoms with Crippen LogP contribution in [0, 0.1) is 0 Å². The first-order valence-corrected chi connectivity index (χ1v) is 10.2. The lowest BCUT2D eigenvalue weighted by atomic mass is 10.1. The van der Waals surface area contributed by atoms with Gasteiger partial charge in [-0.3, -0.25) is 9.78 Å². The highest BCUT2D eigenvalue weighted by Gasteiger charge is 2.34. The minimum Gasteiger partial charge on any atom is -0.480 e. The smallest absolute Gasteiger partial charge is 0.326 e. The number of anilines is 2. The van der Waals surface area contributed by atoms with E-state index in [4.69, 9.17) is 0 Å². The number of carboxylic acids is 1. The van der Waals surface area contributed by atoms with Crippen molar-refractivity contribution < 1.29 is 19.5 Å². The molecule has 0 radical (unpaired) electrons. The first kappa shape index (κ1) is 21.0. The van der Waals surface area contributed by atoms with E-state index in [2.05, 4.69) is 15.6 Å². The van der Waals surface area contributed by atoms with Crippen LogP contribution >= 0.6 is 0 Å². The fourth-order valence-electron chi connectivity index (χ4n) is 3.67. The van der Waals surface area contributed by atoms with Gasteiger partial charge in [0.2, 0.25) is 0 Å². The second-order valence-electron chi connectivity index (χ2n) is 7.45. The van der Waals surface area contributed by atoms with Crippen molar-refractivity contribution >= 4 is 29.3 Å². The Kier molecular flexibility index (Phi) is 6.12. The molecule has 3 N–H and O–H groups in total. The molecule has 32 heavy (non-hydrogen) atoms. The summed E-state index contributed by atoms with van der Waals surface area (Å²) in [6, 6.07) is 18.7. The molecule has 0 unspecified atom stereocenters. The number of amides is 3. The second-order valence-corrected chi connectivity index (χ2v) is 7.45. The maximum atomic E-state index is 12.6. The standard InChI is InChI=1S/C24H22N4O4/c29-22(28-14-4-7-21(28)23(30)31)20-13-10-17(15-25-20)16-8-11-19(12-9-16)27-24(32)26-18-5-2-1-3-6-18/h1-3,5-6,8-13,15,21H,4,7,14H2,(H,30,31)(H2,26,27,32)/t21-/m0/s1. The van der Waals surface area contributed by atoms with Gasteiger partial charge in [-0.05, 0) is 48.7 Å². The lowest BCUT2D eigenvalue weighted by Gasteiger charge is -2.20. The summed E-state index contributed by atoms with van der Waals surface area (Å²) in [6.45, 7) is 0.422. The van der Waals surface area contributed by atoms with E-state index >= 15 is 0 Å². The molecule has 1 aromatic heterocycles. The molecule has 8 heteroatoms. The van der Waals surface area contributed by atoms with E-state index in [-0.39, 0.29) is 17.6 Å². The fourth-order valence-corrected chi connectivity index (χ4v) is 3.67. The van der Waals surface area contributed by atoms with E-state index in [0.29, 0.717) is 30.8 Å². The van der Waals surface area contributed by atoms with Gasteiger partial charge >= 0.3 is 12.0 Å². The number of urea groups is 1. The van der Waals surface area contributed by atoms with Gasteiger partial charge in [0.25, 0.3) is 5.91 Å². The highest BCUT2D eigenvalue weighted by Crippen LogP contribution is 2.23. The summed E-state index contributed by atoms with van der Waals surface area (Å²) in [6.07, 6.45) is 2.72. The summed E-state index contributed by atoms with van der Waals surface area (Å²) in [4.78, 5) is 41.7. The van der Waals surface area contributed by atoms with Crippen LogP contribution in [0.3, 0.4) is 0 Å². The number of aliphatic carboxylic acids is 1. The largest absolute Gasteiger partial charge is 0.480 e. The monoisotopic (exact) mass is 430 g/mol. The SMILES string of the molecule is O=C(Nc1ccccc1)Nc1ccc(-c2ccc(C(=O)N3CCC[C@H]3C(=O)O)nc2)cc1. The molecule has 1 saturated heterocycles. The predicted octanol–water partition coefficient (Wildman–Crippen LogP) is 4.08. The average Bonchev–Trinajstić information content (AvgIpc) is 3.30. The summed E-state index contributed by atoms with van der Waals surface area (Å²) < 4.78 is 0. The van der Waals surface area contributed by atoms with E-state index in [0.717, 1.165) is 11.1 Å². The quantitative estimate of drug-likeness (QED) is 0.565. The Hall–Kier alpha value is -4.20. The zero-order chi connectivity index (χ0) is 22.5. The number of pyridine rings is 1. The van der Waals surface area contributed by atoms with Crippen molar-refractivity contribution in [3.63, 3.8) is 0 Å². The molecule has 1 aliphatic rings. The van der Waals surface area contributed by atoms with Gasteiger partial charge in [0.1, 0.15) is 11.7 Å². The van der Waals surface area contributed by atoms with Gasteiger partial charge in [-0.2, -0.15) is 0 Å². The molecule has 0 saturated carbocycles. The van der Waals surface area contributed by atoms with Crippen LogP contribution < -0.4 is 10.6 Å². The van der Waals surface area contributed by atoms with Crippen LogP contribution in [0.5, 0.6) is 0 Å². The molecule has 2 aromatic carbocycles. The van der Waals surface area contributed by atoms with E-state index in [1.54, 1.807) is 42.6 Å². The molecule has 8 nitrogen and oxygen atoms in total. The van der Waals surface area contributed by atoms with Crippen LogP contribution in [0.25, 0.3) is 11.1 Å². The number of carbonyl (C=O) groups excluding carboxylic acids is 2. The minimum atomic E-state index is -0.987. The van der Waals surface area contributed by atoms with E-state index < -0.39 is 12.0 Å². The number of para-hydroxylation sites is 1. The average molecular weight is 430 g/mol. The van der Waals surface area contributed by atoms with Gasteiger partial charge in [0.05, 0.1) is 0 Å². The van der Waals surface area contributed by atoms with Crippen LogP contribution in [-0.2, 0) is 4.79 Å². The molecule has 3 amide bonds. The van der Waals surface area contributed by atoms with Crippen LogP contribution in [0.2, 0.25) is 0 Å². The summed E-state index contributed by atoms with van der Waals surface area (Å²) >= 11 is 0. The normalized spacial score (nSPS) is 15.2. The third-order valence-electron chi connectivity index (χ3n) is 5.29. The Morgan fingerprint density at radius 2 is 1.53 bits per heavy atom. The summed E-state index contributed by atoms with van der Waals surface area (Å²) in [5, 5.41) is 14.8. The number of benzene rings is 2. The Balaban J connectivity index is 1.39. The van der Waals surface area contributed by atoms with Crippen LogP contribution in [0.1, 0.15) is 23.3 Å². The summed E-state index contributed by atoms with van der Waals surface area (Å²) in [5.41, 5.74) is 3.23. The zero-order valence-electron chi connectivity index (χ0n) is 17.2. The Labute approximate surface area is 184 Å². The number of aromatic nitrogens is 1. The molecular weight excluding hydrogens is 408 g/mol. The van der Waals surface area contributed by atoms with Gasteiger partial charge < -0.3 is 20.6 Å². The molecule has 0 bridgehead atoms. The zero-order valence-corrected chi connectivity index (χ0v) is 17.2. The summed E-state index contributed by atoms with van der Waals surface area (Å²) in [7, 11) is 0. The van der Waals surface area contributed by atoms with Gasteiger partial charge in [-0.25, -0.2) is 9.59 Å². The number of carboxylic acid groups (broad SMARTS) is 1. The van der Waals surface area contributed by atoms with E-state index in [1.807, 2.05) is 30.3 Å². The van der Waals surface area contributed by atoms with Crippen molar-refractivity contribution in [2.24, 2.45) is 0 Å². The molecule has 0 spiro atoms. The number of rotatable bonds is 5. The molecule has 1 fully saturated rings. The Morgan fingerprint density at radius 1 is 0.875 bits per heavy atom. The van der Waals surface area contributed by atoms with Crippen molar-refractivity contribution in [2.75, 3.05) is 17.2 Å². The molecule has 1 aliphatic heterocycles. The van der Waals surface area contributed by atoms with Crippen molar-refractivity contribution in [1.82, 2.24) is 9.88 Å². The number of hydrogen-bond donors (Lipinski definition) is 3. The molecule has 3 aromatic rings. The van der Waals surface area contributed by atoms with Gasteiger partial charge in [-0.15, -0.1) is 0 Å². The van der Waals surface area contributed by atoms with Gasteiger partial charge in [-0.1, -0.05) is 36.4 Å². The van der Waals surface area contributed by atoms with Crippen molar-refractivity contribution in [2.45, 2.75) is 18.9 Å². The van der Waals surface area contributed by atoms with Gasteiger partial charge in [0.15, 0.2) is 0 Å². The highest BCUT2D eigenvalue weighted by molar-refractivity contribution is 6.00. The van der Waals surface area contributed by atoms with Crippen LogP contribution in [0.4, 0.5) is 16.2 Å². The topological polar surface area (TPSA) is 112 Å². The first-order valence-electron chi connectivity index (χ1n) is 10.2. The molecule has 2 heterocycles. The van der Waals surface area contributed by atoms with Gasteiger partial charge in [0, 0.05) is 29.7 Å². The molecule has 0 aliphatic carbocycles. The molecular formula is C24H22N4O4. The number of nitrogens with zero attached hydrogens (tertiary/aromatic N) is 2. The maximum Gasteiger partial charge on any atom is 0.326 e. The molecule has 4 rings (SSSR count). The number of nitrogens with one attached hydrogen (secondary N) is 2. The van der Waals surface area contributed by atoms with Crippen LogP contribution in [0.15, 0.2) is 72.9 Å². The predicted molar refractivity (Wildman–Crippen MR) is 120 cm³/mol. The van der Waals surface area contributed by atoms with Crippen LogP contribution in [-0.4, -0.2) is 45.5 Å². The molecule has 1 atom stereocenters. The van der Waals surface area contributed by atoms with Crippen molar-refractivity contribution in [3.8, 4) is 11.1 Å². The minimum absolute atomic E-state index is 0.220. The first-order chi connectivity index (χ1) is 15.5. The molecule has 162 valence electrons. The fraction of sp³-hybridized carbons (Fsp3) is 0.167. The maximum absolute atomic E-state index is 12.6. The Morgan fingerprint density at radius 3 is 2.16 bits per heavy atom. The highest BCUT2D eigenvalue weighted by atomic mass is 16.4. The Bertz CT molecular complexity index is 1120. The van der Waals surface area contributed by atoms with Crippen molar-refractivity contribution in [1.29, 1.82) is 0 Å².